The van der Waals surface area contributed by atoms with Crippen LogP contribution in [0.15, 0.2) is 36.7 Å². The van der Waals surface area contributed by atoms with Crippen molar-refractivity contribution in [2.45, 2.75) is 62.7 Å². The maximum Gasteiger partial charge on any atom is 0.250 e. The minimum absolute atomic E-state index is 0.00254. The fourth-order valence-electron chi connectivity index (χ4n) is 5.42. The maximum atomic E-state index is 14.0. The Morgan fingerprint density at radius 1 is 0.971 bits per heavy atom. The molecule has 4 heterocycles. The van der Waals surface area contributed by atoms with E-state index < -0.39 is 5.82 Å². The Kier molecular flexibility index (Phi) is 5.28. The molecular weight excluding hydrogens is 435 g/mol. The lowest BCUT2D eigenvalue weighted by atomic mass is 9.98. The Balaban J connectivity index is 1.24. The topological polar surface area (TPSA) is 96.3 Å². The molecule has 3 atom stereocenters. The van der Waals surface area contributed by atoms with Crippen LogP contribution in [0.4, 0.5) is 10.2 Å². The van der Waals surface area contributed by atoms with E-state index in [1.807, 2.05) is 0 Å². The van der Waals surface area contributed by atoms with Crippen LogP contribution in [0.25, 0.3) is 22.5 Å². The first-order valence-electron chi connectivity index (χ1n) is 11.9. The summed E-state index contributed by atoms with van der Waals surface area (Å²) in [5, 5.41) is 23.3. The number of methoxy groups -OCH3 is 1. The van der Waals surface area contributed by atoms with Gasteiger partial charge in [0.1, 0.15) is 5.75 Å². The first kappa shape index (κ1) is 21.2. The van der Waals surface area contributed by atoms with Gasteiger partial charge in [0, 0.05) is 35.9 Å². The highest BCUT2D eigenvalue weighted by Gasteiger charge is 2.41. The van der Waals surface area contributed by atoms with Crippen LogP contribution in [0.5, 0.6) is 11.6 Å². The number of fused-ring (bicyclic) bond motifs is 2. The van der Waals surface area contributed by atoms with Crippen LogP contribution in [0.1, 0.15) is 38.5 Å². The van der Waals surface area contributed by atoms with Crippen molar-refractivity contribution in [3.8, 4) is 34.1 Å². The van der Waals surface area contributed by atoms with Gasteiger partial charge < -0.3 is 20.1 Å². The van der Waals surface area contributed by atoms with E-state index in [9.17, 15) is 9.50 Å². The molecule has 6 rings (SSSR count). The lowest BCUT2D eigenvalue weighted by molar-refractivity contribution is 0.343. The quantitative estimate of drug-likeness (QED) is 0.572. The van der Waals surface area contributed by atoms with Gasteiger partial charge in [-0.05, 0) is 62.3 Å². The fourth-order valence-corrected chi connectivity index (χ4v) is 5.42. The number of hydrogen-bond donors (Lipinski definition) is 2. The van der Waals surface area contributed by atoms with Crippen LogP contribution in [0.3, 0.4) is 0 Å². The van der Waals surface area contributed by atoms with Crippen LogP contribution in [0, 0.1) is 5.82 Å². The Bertz CT molecular complexity index is 1190. The van der Waals surface area contributed by atoms with Gasteiger partial charge >= 0.3 is 0 Å². The number of halogens is 1. The Labute approximate surface area is 197 Å². The molecule has 2 bridgehead atoms. The second-order valence-electron chi connectivity index (χ2n) is 9.49. The van der Waals surface area contributed by atoms with Crippen LogP contribution in [0.2, 0.25) is 0 Å². The predicted octanol–water partition coefficient (Wildman–Crippen LogP) is 3.71. The van der Waals surface area contributed by atoms with Crippen molar-refractivity contribution < 1.29 is 14.2 Å². The first-order valence-corrected chi connectivity index (χ1v) is 11.9. The summed E-state index contributed by atoms with van der Waals surface area (Å²) in [6.45, 7) is 0. The SMILES string of the molecule is COc1ncc(-c2ccc(-c3ncc(N(C4CC4)C4C[C@H]5CC[C@@H](C4)N5)nn3)c(O)c2)cc1F. The molecule has 1 aliphatic carbocycles. The number of aromatic nitrogens is 4. The van der Waals surface area contributed by atoms with Crippen LogP contribution in [-0.2, 0) is 0 Å². The molecule has 1 saturated carbocycles. The van der Waals surface area contributed by atoms with E-state index in [2.05, 4.69) is 30.4 Å². The van der Waals surface area contributed by atoms with Crippen molar-refractivity contribution >= 4 is 5.82 Å². The molecule has 2 N–H and O–H groups in total. The molecule has 0 spiro atoms. The van der Waals surface area contributed by atoms with Gasteiger partial charge in [-0.15, -0.1) is 10.2 Å². The van der Waals surface area contributed by atoms with Gasteiger partial charge in [0.05, 0.1) is 18.9 Å². The molecule has 176 valence electrons. The third-order valence-electron chi connectivity index (χ3n) is 7.17. The molecular formula is C25H27FN6O2. The zero-order chi connectivity index (χ0) is 23.2. The summed E-state index contributed by atoms with van der Waals surface area (Å²) >= 11 is 0. The lowest BCUT2D eigenvalue weighted by Crippen LogP contribution is -2.49. The van der Waals surface area contributed by atoms with E-state index in [-0.39, 0.29) is 11.6 Å². The summed E-state index contributed by atoms with van der Waals surface area (Å²) in [5.41, 5.74) is 1.63. The second-order valence-corrected chi connectivity index (χ2v) is 9.49. The van der Waals surface area contributed by atoms with E-state index in [0.29, 0.717) is 46.7 Å². The van der Waals surface area contributed by atoms with Crippen molar-refractivity contribution in [3.05, 3.63) is 42.5 Å². The van der Waals surface area contributed by atoms with E-state index in [1.165, 1.54) is 45.1 Å². The standard InChI is InChI=1S/C25H27FN6O2/c1-34-25-21(26)8-15(12-28-25)14-2-7-20(22(33)9-14)24-27-13-23(30-31-24)32(18-5-6-18)19-10-16-3-4-17(11-19)29-16/h2,7-9,12-13,16-19,29,33H,3-6,10-11H2,1H3/t16-,17+,19?. The number of nitrogens with zero attached hydrogens (tertiary/aromatic N) is 5. The largest absolute Gasteiger partial charge is 0.507 e. The third-order valence-corrected chi connectivity index (χ3v) is 7.17. The molecule has 8 nitrogen and oxygen atoms in total. The molecule has 3 fully saturated rings. The van der Waals surface area contributed by atoms with Crippen molar-refractivity contribution in [2.24, 2.45) is 0 Å². The number of piperidine rings is 1. The van der Waals surface area contributed by atoms with Gasteiger partial charge in [-0.1, -0.05) is 6.07 Å². The van der Waals surface area contributed by atoms with Gasteiger partial charge in [-0.2, -0.15) is 0 Å². The molecule has 9 heteroatoms. The number of anilines is 1. The van der Waals surface area contributed by atoms with Crippen molar-refractivity contribution in [1.29, 1.82) is 0 Å². The zero-order valence-electron chi connectivity index (χ0n) is 19.0. The molecule has 2 saturated heterocycles. The predicted molar refractivity (Wildman–Crippen MR) is 125 cm³/mol. The number of nitrogens with one attached hydrogen (secondary N) is 1. The van der Waals surface area contributed by atoms with Gasteiger partial charge in [0.25, 0.3) is 0 Å². The van der Waals surface area contributed by atoms with Crippen molar-refractivity contribution in [3.63, 3.8) is 0 Å². The summed E-state index contributed by atoms with van der Waals surface area (Å²) in [5.74, 6) is 0.536. The number of phenols is 1. The zero-order valence-corrected chi connectivity index (χ0v) is 19.0. The maximum absolute atomic E-state index is 14.0. The highest BCUT2D eigenvalue weighted by molar-refractivity contribution is 5.72. The Morgan fingerprint density at radius 3 is 2.38 bits per heavy atom. The molecule has 3 aliphatic rings. The highest BCUT2D eigenvalue weighted by Crippen LogP contribution is 2.39. The number of ether oxygens (including phenoxy) is 1. The summed E-state index contributed by atoms with van der Waals surface area (Å²) in [4.78, 5) is 10.9. The molecule has 0 radical (unpaired) electrons. The fraction of sp³-hybridized carbons (Fsp3) is 0.440. The van der Waals surface area contributed by atoms with Crippen LogP contribution < -0.4 is 15.0 Å². The van der Waals surface area contributed by atoms with Gasteiger partial charge in [0.2, 0.25) is 5.88 Å². The van der Waals surface area contributed by atoms with Gasteiger partial charge in [-0.3, -0.25) is 0 Å². The molecule has 0 amide bonds. The molecule has 1 aromatic carbocycles. The average molecular weight is 463 g/mol. The smallest absolute Gasteiger partial charge is 0.250 e. The number of benzene rings is 1. The highest BCUT2D eigenvalue weighted by atomic mass is 19.1. The Morgan fingerprint density at radius 2 is 1.76 bits per heavy atom. The first-order chi connectivity index (χ1) is 16.6. The normalized spacial score (nSPS) is 23.6. The van der Waals surface area contributed by atoms with E-state index >= 15 is 0 Å². The summed E-state index contributed by atoms with van der Waals surface area (Å²) in [6.07, 6.45) is 10.5. The summed E-state index contributed by atoms with van der Waals surface area (Å²) in [7, 11) is 1.37. The van der Waals surface area contributed by atoms with Crippen LogP contribution >= 0.6 is 0 Å². The molecule has 34 heavy (non-hydrogen) atoms. The van der Waals surface area contributed by atoms with Gasteiger partial charge in [0.15, 0.2) is 17.5 Å². The number of phenolic OH excluding ortho intramolecular Hbond substituents is 1. The number of pyridine rings is 1. The van der Waals surface area contributed by atoms with Crippen molar-refractivity contribution in [2.75, 3.05) is 12.0 Å². The van der Waals surface area contributed by atoms with Crippen molar-refractivity contribution in [1.82, 2.24) is 25.5 Å². The average Bonchev–Trinajstić information content (AvgIpc) is 3.62. The second kappa shape index (κ2) is 8.47. The van der Waals surface area contributed by atoms with E-state index in [4.69, 9.17) is 4.74 Å². The Hall–Kier alpha value is -3.33. The molecule has 2 aliphatic heterocycles. The minimum Gasteiger partial charge on any atom is -0.507 e. The number of aromatic hydroxyl groups is 1. The number of rotatable bonds is 6. The summed E-state index contributed by atoms with van der Waals surface area (Å²) < 4.78 is 18.9. The monoisotopic (exact) mass is 462 g/mol. The van der Waals surface area contributed by atoms with E-state index in [1.54, 1.807) is 24.4 Å². The lowest BCUT2D eigenvalue weighted by Gasteiger charge is -2.38. The minimum atomic E-state index is -0.561. The van der Waals surface area contributed by atoms with Crippen LogP contribution in [-0.4, -0.2) is 56.5 Å². The third kappa shape index (κ3) is 3.94. The molecule has 3 aromatic rings. The molecule has 2 aromatic heterocycles. The van der Waals surface area contributed by atoms with Gasteiger partial charge in [-0.25, -0.2) is 14.4 Å². The summed E-state index contributed by atoms with van der Waals surface area (Å²) in [6, 6.07) is 8.58. The molecule has 1 unspecified atom stereocenters. The van der Waals surface area contributed by atoms with E-state index in [0.717, 1.165) is 18.7 Å². The number of hydrogen-bond acceptors (Lipinski definition) is 8.